The number of aliphatic imine (C=N–C) groups is 1. The largest absolute Gasteiger partial charge is 0.356 e. The molecule has 1 aromatic carbocycles. The van der Waals surface area contributed by atoms with Gasteiger partial charge in [0, 0.05) is 45.0 Å². The Hall–Kier alpha value is -1.57. The summed E-state index contributed by atoms with van der Waals surface area (Å²) < 4.78 is 2.21. The third-order valence-electron chi connectivity index (χ3n) is 4.57. The van der Waals surface area contributed by atoms with Gasteiger partial charge in [0.1, 0.15) is 5.82 Å². The summed E-state index contributed by atoms with van der Waals surface area (Å²) in [5.41, 5.74) is 1.65. The standard InChI is InChI=1S/C22H35N5.HI/c1-18(11-13-22(2,3)4)26-21(23-5)25-14-12-20-24-15-16-27(20)17-19-9-7-6-8-10-19;/h6-10,15-16,18H,11-14,17H2,1-5H3,(H2,23,25,26);1H. The number of hydrogen-bond donors (Lipinski definition) is 2. The highest BCUT2D eigenvalue weighted by Crippen LogP contribution is 2.21. The van der Waals surface area contributed by atoms with Crippen LogP contribution >= 0.6 is 24.0 Å². The number of aromatic nitrogens is 2. The maximum atomic E-state index is 4.52. The summed E-state index contributed by atoms with van der Waals surface area (Å²) in [7, 11) is 1.82. The van der Waals surface area contributed by atoms with E-state index in [4.69, 9.17) is 0 Å². The van der Waals surface area contributed by atoms with Crippen molar-refractivity contribution in [1.29, 1.82) is 0 Å². The molecule has 0 aliphatic carbocycles. The van der Waals surface area contributed by atoms with Crippen molar-refractivity contribution in [3.63, 3.8) is 0 Å². The fourth-order valence-electron chi connectivity index (χ4n) is 2.93. The van der Waals surface area contributed by atoms with Crippen LogP contribution in [-0.2, 0) is 13.0 Å². The van der Waals surface area contributed by atoms with E-state index in [-0.39, 0.29) is 24.0 Å². The first-order valence-electron chi connectivity index (χ1n) is 9.88. The van der Waals surface area contributed by atoms with E-state index in [1.807, 2.05) is 25.5 Å². The molecule has 2 N–H and O–H groups in total. The quantitative estimate of drug-likeness (QED) is 0.322. The average Bonchev–Trinajstić information content (AvgIpc) is 3.06. The van der Waals surface area contributed by atoms with Gasteiger partial charge in [-0.1, -0.05) is 51.1 Å². The van der Waals surface area contributed by atoms with Gasteiger partial charge in [0.05, 0.1) is 0 Å². The summed E-state index contributed by atoms with van der Waals surface area (Å²) in [5.74, 6) is 1.94. The predicted octanol–water partition coefficient (Wildman–Crippen LogP) is 4.47. The van der Waals surface area contributed by atoms with Crippen molar-refractivity contribution < 1.29 is 0 Å². The van der Waals surface area contributed by atoms with Gasteiger partial charge >= 0.3 is 0 Å². The summed E-state index contributed by atoms with van der Waals surface area (Å²) in [5, 5.41) is 6.90. The lowest BCUT2D eigenvalue weighted by Crippen LogP contribution is -2.43. The van der Waals surface area contributed by atoms with Crippen molar-refractivity contribution in [2.24, 2.45) is 10.4 Å². The summed E-state index contributed by atoms with van der Waals surface area (Å²) in [6, 6.07) is 10.9. The molecule has 1 heterocycles. The smallest absolute Gasteiger partial charge is 0.191 e. The molecule has 0 saturated carbocycles. The van der Waals surface area contributed by atoms with Crippen molar-refractivity contribution in [2.45, 2.75) is 59.5 Å². The van der Waals surface area contributed by atoms with Crippen LogP contribution in [-0.4, -0.2) is 35.1 Å². The lowest BCUT2D eigenvalue weighted by molar-refractivity contribution is 0.346. The van der Waals surface area contributed by atoms with Gasteiger partial charge in [-0.25, -0.2) is 4.98 Å². The number of rotatable bonds is 8. The molecular weight excluding hydrogens is 461 g/mol. The molecule has 5 nitrogen and oxygen atoms in total. The Morgan fingerprint density at radius 3 is 2.57 bits per heavy atom. The Kier molecular flexibility index (Phi) is 10.6. The van der Waals surface area contributed by atoms with E-state index in [1.54, 1.807) is 0 Å². The van der Waals surface area contributed by atoms with Crippen LogP contribution in [0.2, 0.25) is 0 Å². The molecule has 6 heteroatoms. The zero-order chi connectivity index (χ0) is 19.7. The van der Waals surface area contributed by atoms with Crippen LogP contribution in [0.3, 0.4) is 0 Å². The van der Waals surface area contributed by atoms with E-state index in [2.05, 4.69) is 77.1 Å². The fourth-order valence-corrected chi connectivity index (χ4v) is 2.93. The van der Waals surface area contributed by atoms with Crippen LogP contribution in [0.4, 0.5) is 0 Å². The van der Waals surface area contributed by atoms with E-state index in [0.29, 0.717) is 11.5 Å². The Morgan fingerprint density at radius 1 is 1.21 bits per heavy atom. The molecule has 0 aliphatic heterocycles. The molecule has 1 unspecified atom stereocenters. The van der Waals surface area contributed by atoms with E-state index in [1.165, 1.54) is 12.0 Å². The number of benzene rings is 1. The van der Waals surface area contributed by atoms with Crippen molar-refractivity contribution in [1.82, 2.24) is 20.2 Å². The third-order valence-corrected chi connectivity index (χ3v) is 4.57. The average molecular weight is 497 g/mol. The summed E-state index contributed by atoms with van der Waals surface area (Å²) in [6.45, 7) is 10.7. The maximum Gasteiger partial charge on any atom is 0.191 e. The van der Waals surface area contributed by atoms with E-state index in [0.717, 1.165) is 37.7 Å². The van der Waals surface area contributed by atoms with Gasteiger partial charge in [-0.3, -0.25) is 4.99 Å². The van der Waals surface area contributed by atoms with Crippen LogP contribution in [0.25, 0.3) is 0 Å². The van der Waals surface area contributed by atoms with E-state index in [9.17, 15) is 0 Å². The number of hydrogen-bond acceptors (Lipinski definition) is 2. The lowest BCUT2D eigenvalue weighted by atomic mass is 9.89. The Morgan fingerprint density at radius 2 is 1.93 bits per heavy atom. The number of nitrogens with zero attached hydrogens (tertiary/aromatic N) is 3. The molecule has 1 atom stereocenters. The molecular formula is C22H36IN5. The molecule has 2 rings (SSSR count). The van der Waals surface area contributed by atoms with Crippen molar-refractivity contribution in [2.75, 3.05) is 13.6 Å². The molecule has 28 heavy (non-hydrogen) atoms. The SMILES string of the molecule is CN=C(NCCc1nccn1Cc1ccccc1)NC(C)CCC(C)(C)C.I. The zero-order valence-electron chi connectivity index (χ0n) is 17.9. The van der Waals surface area contributed by atoms with Gasteiger partial charge in [0.25, 0.3) is 0 Å². The van der Waals surface area contributed by atoms with Gasteiger partial charge in [-0.15, -0.1) is 24.0 Å². The number of nitrogens with one attached hydrogen (secondary N) is 2. The molecule has 0 fully saturated rings. The zero-order valence-corrected chi connectivity index (χ0v) is 20.2. The first kappa shape index (κ1) is 24.5. The second kappa shape index (κ2) is 12.1. The van der Waals surface area contributed by atoms with Gasteiger partial charge in [-0.2, -0.15) is 0 Å². The van der Waals surface area contributed by atoms with Gasteiger partial charge in [0.2, 0.25) is 0 Å². The highest BCUT2D eigenvalue weighted by Gasteiger charge is 2.13. The second-order valence-corrected chi connectivity index (χ2v) is 8.35. The van der Waals surface area contributed by atoms with Crippen LogP contribution in [0.1, 0.15) is 51.9 Å². The Labute approximate surface area is 187 Å². The predicted molar refractivity (Wildman–Crippen MR) is 130 cm³/mol. The maximum absolute atomic E-state index is 4.52. The first-order valence-corrected chi connectivity index (χ1v) is 9.88. The molecule has 0 amide bonds. The molecule has 0 spiro atoms. The minimum atomic E-state index is 0. The van der Waals surface area contributed by atoms with Crippen LogP contribution in [0, 0.1) is 5.41 Å². The number of guanidine groups is 1. The molecule has 2 aromatic rings. The topological polar surface area (TPSA) is 54.2 Å². The van der Waals surface area contributed by atoms with Crippen LogP contribution in [0.15, 0.2) is 47.7 Å². The monoisotopic (exact) mass is 497 g/mol. The Bertz CT molecular complexity index is 703. The summed E-state index contributed by atoms with van der Waals surface area (Å²) in [6.07, 6.45) is 7.10. The summed E-state index contributed by atoms with van der Waals surface area (Å²) >= 11 is 0. The van der Waals surface area contributed by atoms with E-state index >= 15 is 0 Å². The second-order valence-electron chi connectivity index (χ2n) is 8.35. The fraction of sp³-hybridized carbons (Fsp3) is 0.545. The van der Waals surface area contributed by atoms with Crippen molar-refractivity contribution >= 4 is 29.9 Å². The molecule has 0 aliphatic rings. The van der Waals surface area contributed by atoms with Crippen molar-refractivity contribution in [3.05, 3.63) is 54.1 Å². The molecule has 0 radical (unpaired) electrons. The highest BCUT2D eigenvalue weighted by atomic mass is 127. The minimum Gasteiger partial charge on any atom is -0.356 e. The van der Waals surface area contributed by atoms with Crippen molar-refractivity contribution in [3.8, 4) is 0 Å². The van der Waals surface area contributed by atoms with E-state index < -0.39 is 0 Å². The lowest BCUT2D eigenvalue weighted by Gasteiger charge is -2.23. The first-order chi connectivity index (χ1) is 12.9. The molecule has 1 aromatic heterocycles. The Balaban J connectivity index is 0.00000392. The summed E-state index contributed by atoms with van der Waals surface area (Å²) in [4.78, 5) is 8.86. The number of imidazole rings is 1. The minimum absolute atomic E-state index is 0. The molecule has 0 saturated heterocycles. The van der Waals surface area contributed by atoms with Gasteiger partial charge in [0.15, 0.2) is 5.96 Å². The third kappa shape index (κ3) is 9.08. The van der Waals surface area contributed by atoms with Gasteiger partial charge in [-0.05, 0) is 30.7 Å². The van der Waals surface area contributed by atoms with Crippen LogP contribution in [0.5, 0.6) is 0 Å². The molecule has 156 valence electrons. The van der Waals surface area contributed by atoms with Crippen LogP contribution < -0.4 is 10.6 Å². The highest BCUT2D eigenvalue weighted by molar-refractivity contribution is 14.0. The number of halogens is 1. The normalized spacial score (nSPS) is 13.0. The van der Waals surface area contributed by atoms with Gasteiger partial charge < -0.3 is 15.2 Å². The molecule has 0 bridgehead atoms.